The van der Waals surface area contributed by atoms with E-state index in [-0.39, 0.29) is 30.7 Å². The van der Waals surface area contributed by atoms with Crippen LogP contribution in [0.5, 0.6) is 0 Å². The molecule has 1 aliphatic rings. The predicted octanol–water partition coefficient (Wildman–Crippen LogP) is 3.48. The van der Waals surface area contributed by atoms with Crippen LogP contribution in [0.1, 0.15) is 22.5 Å². The number of hydrogen-bond donors (Lipinski definition) is 1. The lowest BCUT2D eigenvalue weighted by molar-refractivity contribution is 0.0712. The predicted molar refractivity (Wildman–Crippen MR) is 100 cm³/mol. The molecule has 0 atom stereocenters. The summed E-state index contributed by atoms with van der Waals surface area (Å²) in [6.07, 6.45) is 3.75. The molecule has 4 nitrogen and oxygen atoms in total. The second kappa shape index (κ2) is 9.23. The fraction of sp³-hybridized carbons (Fsp3) is 0.375. The fourth-order valence-corrected chi connectivity index (χ4v) is 3.50. The van der Waals surface area contributed by atoms with Crippen LogP contribution < -0.4 is 5.32 Å². The Labute approximate surface area is 153 Å². The number of nitrogens with zero attached hydrogens (tertiary/aromatic N) is 2. The minimum Gasteiger partial charge on any atom is -0.338 e. The van der Waals surface area contributed by atoms with Crippen LogP contribution in [-0.2, 0) is 0 Å². The molecule has 126 valence electrons. The van der Waals surface area contributed by atoms with Gasteiger partial charge in [-0.05, 0) is 19.9 Å². The number of hydrogen-bond acceptors (Lipinski definition) is 4. The van der Waals surface area contributed by atoms with Gasteiger partial charge in [-0.25, -0.2) is 4.98 Å². The van der Waals surface area contributed by atoms with Gasteiger partial charge in [0, 0.05) is 24.7 Å². The van der Waals surface area contributed by atoms with Gasteiger partial charge in [0.25, 0.3) is 5.91 Å². The smallest absolute Gasteiger partial charge is 0.265 e. The van der Waals surface area contributed by atoms with Gasteiger partial charge < -0.3 is 10.2 Å². The SMILES string of the molecule is CNC1CCN(C(=O)c2cnc(-c3ccccc3)s2)CC1.Cl.Cl. The zero-order valence-corrected chi connectivity index (χ0v) is 15.3. The van der Waals surface area contributed by atoms with Crippen LogP contribution in [0, 0.1) is 0 Å². The van der Waals surface area contributed by atoms with E-state index in [2.05, 4.69) is 10.3 Å². The van der Waals surface area contributed by atoms with Crippen molar-refractivity contribution < 1.29 is 4.79 Å². The summed E-state index contributed by atoms with van der Waals surface area (Å²) in [7, 11) is 1.98. The molecule has 3 rings (SSSR count). The number of carbonyl (C=O) groups is 1. The molecular formula is C16H21Cl2N3OS. The molecule has 7 heteroatoms. The first-order valence-electron chi connectivity index (χ1n) is 7.25. The van der Waals surface area contributed by atoms with Crippen molar-refractivity contribution in [2.24, 2.45) is 0 Å². The Kier molecular flexibility index (Phi) is 7.99. The minimum atomic E-state index is 0. The fourth-order valence-electron chi connectivity index (χ4n) is 2.61. The van der Waals surface area contributed by atoms with Crippen molar-refractivity contribution in [3.8, 4) is 10.6 Å². The molecule has 1 N–H and O–H groups in total. The van der Waals surface area contributed by atoms with E-state index in [1.165, 1.54) is 11.3 Å². The van der Waals surface area contributed by atoms with Crippen LogP contribution in [0.4, 0.5) is 0 Å². The number of rotatable bonds is 3. The topological polar surface area (TPSA) is 45.2 Å². The summed E-state index contributed by atoms with van der Waals surface area (Å²) in [5.41, 5.74) is 1.07. The van der Waals surface area contributed by atoms with Crippen LogP contribution in [0.25, 0.3) is 10.6 Å². The number of thiazole rings is 1. The van der Waals surface area contributed by atoms with E-state index in [1.54, 1.807) is 6.20 Å². The Bertz CT molecular complexity index is 613. The third-order valence-electron chi connectivity index (χ3n) is 3.93. The average Bonchev–Trinajstić information content (AvgIpc) is 3.05. The Hall–Kier alpha value is -1.14. The van der Waals surface area contributed by atoms with Gasteiger partial charge in [0.2, 0.25) is 0 Å². The van der Waals surface area contributed by atoms with Crippen molar-refractivity contribution in [1.29, 1.82) is 0 Å². The second-order valence-corrected chi connectivity index (χ2v) is 6.28. The zero-order valence-electron chi connectivity index (χ0n) is 12.9. The monoisotopic (exact) mass is 373 g/mol. The van der Waals surface area contributed by atoms with Crippen LogP contribution in [-0.4, -0.2) is 42.0 Å². The molecule has 1 saturated heterocycles. The molecule has 1 fully saturated rings. The minimum absolute atomic E-state index is 0. The number of carbonyl (C=O) groups excluding carboxylic acids is 1. The number of likely N-dealkylation sites (tertiary alicyclic amines) is 1. The van der Waals surface area contributed by atoms with Gasteiger partial charge in [-0.1, -0.05) is 30.3 Å². The highest BCUT2D eigenvalue weighted by Gasteiger charge is 2.24. The van der Waals surface area contributed by atoms with Crippen molar-refractivity contribution in [3.05, 3.63) is 41.4 Å². The summed E-state index contributed by atoms with van der Waals surface area (Å²) in [6, 6.07) is 10.5. The molecule has 0 saturated carbocycles. The summed E-state index contributed by atoms with van der Waals surface area (Å²) in [5, 5.41) is 4.19. The van der Waals surface area contributed by atoms with Crippen LogP contribution >= 0.6 is 36.2 Å². The van der Waals surface area contributed by atoms with Crippen molar-refractivity contribution >= 4 is 42.1 Å². The first kappa shape index (κ1) is 19.9. The van der Waals surface area contributed by atoms with Gasteiger partial charge in [0.15, 0.2) is 0 Å². The highest BCUT2D eigenvalue weighted by atomic mass is 35.5. The van der Waals surface area contributed by atoms with E-state index in [9.17, 15) is 4.79 Å². The van der Waals surface area contributed by atoms with E-state index in [4.69, 9.17) is 0 Å². The van der Waals surface area contributed by atoms with Crippen molar-refractivity contribution in [3.63, 3.8) is 0 Å². The van der Waals surface area contributed by atoms with E-state index < -0.39 is 0 Å². The molecular weight excluding hydrogens is 353 g/mol. The summed E-state index contributed by atoms with van der Waals surface area (Å²) in [4.78, 5) is 19.6. The van der Waals surface area contributed by atoms with E-state index >= 15 is 0 Å². The van der Waals surface area contributed by atoms with Gasteiger partial charge in [-0.3, -0.25) is 4.79 Å². The van der Waals surface area contributed by atoms with Gasteiger partial charge >= 0.3 is 0 Å². The lowest BCUT2D eigenvalue weighted by Crippen LogP contribution is -2.43. The number of amides is 1. The first-order chi connectivity index (χ1) is 10.3. The first-order valence-corrected chi connectivity index (χ1v) is 8.07. The molecule has 2 heterocycles. The molecule has 0 unspecified atom stereocenters. The maximum absolute atomic E-state index is 12.5. The van der Waals surface area contributed by atoms with Gasteiger partial charge in [0.05, 0.1) is 6.20 Å². The average molecular weight is 374 g/mol. The van der Waals surface area contributed by atoms with Gasteiger partial charge in [-0.15, -0.1) is 36.2 Å². The number of aromatic nitrogens is 1. The summed E-state index contributed by atoms with van der Waals surface area (Å²) < 4.78 is 0. The van der Waals surface area contributed by atoms with Crippen LogP contribution in [0.3, 0.4) is 0 Å². The van der Waals surface area contributed by atoms with Crippen LogP contribution in [0.15, 0.2) is 36.5 Å². The van der Waals surface area contributed by atoms with E-state index in [0.29, 0.717) is 6.04 Å². The molecule has 1 aliphatic heterocycles. The van der Waals surface area contributed by atoms with Crippen molar-refractivity contribution in [2.45, 2.75) is 18.9 Å². The lowest BCUT2D eigenvalue weighted by atomic mass is 10.1. The highest BCUT2D eigenvalue weighted by Crippen LogP contribution is 2.26. The normalized spacial score (nSPS) is 14.7. The Morgan fingerprint density at radius 1 is 1.22 bits per heavy atom. The molecule has 0 radical (unpaired) electrons. The third-order valence-corrected chi connectivity index (χ3v) is 4.96. The third kappa shape index (κ3) is 4.67. The standard InChI is InChI=1S/C16H19N3OS.2ClH/c1-17-13-7-9-19(10-8-13)16(20)14-11-18-15(21-14)12-5-3-2-4-6-12;;/h2-6,11,13,17H,7-10H2,1H3;2*1H. The maximum Gasteiger partial charge on any atom is 0.265 e. The summed E-state index contributed by atoms with van der Waals surface area (Å²) in [5.74, 6) is 0.115. The van der Waals surface area contributed by atoms with E-state index in [1.807, 2.05) is 42.3 Å². The van der Waals surface area contributed by atoms with Gasteiger partial charge in [0.1, 0.15) is 9.88 Å². The summed E-state index contributed by atoms with van der Waals surface area (Å²) in [6.45, 7) is 1.64. The molecule has 23 heavy (non-hydrogen) atoms. The Morgan fingerprint density at radius 3 is 2.48 bits per heavy atom. The summed E-state index contributed by atoms with van der Waals surface area (Å²) >= 11 is 1.48. The molecule has 1 aromatic heterocycles. The maximum atomic E-state index is 12.5. The lowest BCUT2D eigenvalue weighted by Gasteiger charge is -2.31. The Morgan fingerprint density at radius 2 is 1.87 bits per heavy atom. The Balaban J connectivity index is 0.00000132. The zero-order chi connectivity index (χ0) is 14.7. The number of halogens is 2. The van der Waals surface area contributed by atoms with Crippen molar-refractivity contribution in [1.82, 2.24) is 15.2 Å². The largest absolute Gasteiger partial charge is 0.338 e. The molecule has 0 spiro atoms. The molecule has 1 aromatic carbocycles. The number of benzene rings is 1. The number of nitrogens with one attached hydrogen (secondary N) is 1. The molecule has 0 aliphatic carbocycles. The van der Waals surface area contributed by atoms with Crippen LogP contribution in [0.2, 0.25) is 0 Å². The van der Waals surface area contributed by atoms with Crippen molar-refractivity contribution in [2.75, 3.05) is 20.1 Å². The molecule has 0 bridgehead atoms. The van der Waals surface area contributed by atoms with Gasteiger partial charge in [-0.2, -0.15) is 0 Å². The highest BCUT2D eigenvalue weighted by molar-refractivity contribution is 7.16. The quantitative estimate of drug-likeness (QED) is 0.895. The molecule has 1 amide bonds. The van der Waals surface area contributed by atoms with E-state index in [0.717, 1.165) is 41.4 Å². The second-order valence-electron chi connectivity index (χ2n) is 5.25. The number of piperidine rings is 1. The molecule has 2 aromatic rings.